The highest BCUT2D eigenvalue weighted by Gasteiger charge is 2.59. The predicted molar refractivity (Wildman–Crippen MR) is 101 cm³/mol. The monoisotopic (exact) mass is 413 g/mol. The number of carbonyl (C=O) groups is 2. The lowest BCUT2D eigenvalue weighted by Crippen LogP contribution is -2.62. The molecule has 0 unspecified atom stereocenters. The summed E-state index contributed by atoms with van der Waals surface area (Å²) < 4.78 is 32.9. The molecule has 0 saturated carbocycles. The molecule has 0 radical (unpaired) electrons. The number of nitrogens with zero attached hydrogens (tertiary/aromatic N) is 4. The summed E-state index contributed by atoms with van der Waals surface area (Å²) in [7, 11) is -1.75. The third-order valence-corrected chi connectivity index (χ3v) is 6.87. The van der Waals surface area contributed by atoms with Gasteiger partial charge in [0.1, 0.15) is 0 Å². The minimum absolute atomic E-state index is 0.0758. The Morgan fingerprint density at radius 2 is 2.21 bits per heavy atom. The van der Waals surface area contributed by atoms with Crippen molar-refractivity contribution in [3.8, 4) is 0 Å². The van der Waals surface area contributed by atoms with Gasteiger partial charge in [0.2, 0.25) is 15.9 Å². The smallest absolute Gasteiger partial charge is 0.254 e. The normalized spacial score (nSPS) is 25.9. The number of hydrogen-bond donors (Lipinski definition) is 1. The third kappa shape index (κ3) is 3.53. The zero-order valence-electron chi connectivity index (χ0n) is 16.6. The Bertz CT molecular complexity index is 882. The van der Waals surface area contributed by atoms with E-state index in [-0.39, 0.29) is 25.6 Å². The first-order chi connectivity index (χ1) is 13.1. The van der Waals surface area contributed by atoms with E-state index in [2.05, 4.69) is 10.4 Å². The van der Waals surface area contributed by atoms with Crippen molar-refractivity contribution in [3.63, 3.8) is 0 Å². The summed E-state index contributed by atoms with van der Waals surface area (Å²) >= 11 is 0. The number of morpholine rings is 1. The number of sulfonamides is 1. The van der Waals surface area contributed by atoms with Crippen LogP contribution >= 0.6 is 0 Å². The quantitative estimate of drug-likeness (QED) is 0.652. The molecule has 2 aliphatic rings. The van der Waals surface area contributed by atoms with Gasteiger partial charge >= 0.3 is 0 Å². The lowest BCUT2D eigenvalue weighted by atomic mass is 9.87. The van der Waals surface area contributed by atoms with E-state index in [0.29, 0.717) is 19.6 Å². The van der Waals surface area contributed by atoms with Crippen LogP contribution in [-0.4, -0.2) is 83.9 Å². The maximum atomic E-state index is 13.4. The maximum absolute atomic E-state index is 13.4. The van der Waals surface area contributed by atoms with Crippen LogP contribution in [0.3, 0.4) is 0 Å². The van der Waals surface area contributed by atoms with Crippen molar-refractivity contribution in [1.82, 2.24) is 24.3 Å². The molecule has 2 atom stereocenters. The first kappa shape index (κ1) is 20.7. The Balaban J connectivity index is 1.91. The van der Waals surface area contributed by atoms with Crippen LogP contribution in [0.5, 0.6) is 0 Å². The highest BCUT2D eigenvalue weighted by atomic mass is 32.2. The average Bonchev–Trinajstić information content (AvgIpc) is 3.17. The fraction of sp³-hybridized carbons (Fsp3) is 0.706. The molecule has 156 valence electrons. The zero-order valence-corrected chi connectivity index (χ0v) is 17.5. The second kappa shape index (κ2) is 7.45. The van der Waals surface area contributed by atoms with Gasteiger partial charge in [-0.3, -0.25) is 14.3 Å². The van der Waals surface area contributed by atoms with Crippen molar-refractivity contribution in [2.45, 2.75) is 26.0 Å². The number of rotatable bonds is 5. The van der Waals surface area contributed by atoms with E-state index in [0.717, 1.165) is 21.8 Å². The predicted octanol–water partition coefficient (Wildman–Crippen LogP) is -1.15. The molecule has 2 amide bonds. The summed E-state index contributed by atoms with van der Waals surface area (Å²) in [4.78, 5) is 27.7. The first-order valence-corrected chi connectivity index (χ1v) is 11.1. The molecule has 28 heavy (non-hydrogen) atoms. The van der Waals surface area contributed by atoms with E-state index in [1.165, 1.54) is 0 Å². The molecular formula is C17H27N5O5S. The van der Waals surface area contributed by atoms with Gasteiger partial charge in [0.25, 0.3) is 5.91 Å². The summed E-state index contributed by atoms with van der Waals surface area (Å²) in [5.74, 6) is -1.63. The van der Waals surface area contributed by atoms with Crippen molar-refractivity contribution < 1.29 is 22.7 Å². The Labute approximate surface area is 164 Å². The Morgan fingerprint density at radius 1 is 1.50 bits per heavy atom. The number of aryl methyl sites for hydroxylation is 1. The number of hydrogen-bond acceptors (Lipinski definition) is 6. The largest absolute Gasteiger partial charge is 0.361 e. The van der Waals surface area contributed by atoms with E-state index in [4.69, 9.17) is 4.74 Å². The Kier molecular flexibility index (Phi) is 5.52. The Morgan fingerprint density at radius 3 is 2.75 bits per heavy atom. The van der Waals surface area contributed by atoms with Crippen LogP contribution in [0.2, 0.25) is 0 Å². The molecule has 1 N–H and O–H groups in total. The van der Waals surface area contributed by atoms with Crippen molar-refractivity contribution in [3.05, 3.63) is 17.5 Å². The number of nitrogens with one attached hydrogen (secondary N) is 1. The molecule has 1 spiro atoms. The topological polar surface area (TPSA) is 114 Å². The molecule has 0 bridgehead atoms. The summed E-state index contributed by atoms with van der Waals surface area (Å²) in [5.41, 5.74) is 0.353. The van der Waals surface area contributed by atoms with Crippen molar-refractivity contribution >= 4 is 21.8 Å². The van der Waals surface area contributed by atoms with Gasteiger partial charge in [-0.05, 0) is 13.8 Å². The summed E-state index contributed by atoms with van der Waals surface area (Å²) in [5, 5.41) is 6.92. The lowest BCUT2D eigenvalue weighted by Gasteiger charge is -2.37. The highest BCUT2D eigenvalue weighted by Crippen LogP contribution is 2.36. The van der Waals surface area contributed by atoms with E-state index in [1.807, 2.05) is 20.9 Å². The zero-order chi connectivity index (χ0) is 20.7. The van der Waals surface area contributed by atoms with Crippen LogP contribution in [0.1, 0.15) is 18.2 Å². The van der Waals surface area contributed by atoms with Gasteiger partial charge < -0.3 is 15.0 Å². The van der Waals surface area contributed by atoms with Crippen molar-refractivity contribution in [2.24, 2.45) is 13.0 Å². The van der Waals surface area contributed by atoms with E-state index in [9.17, 15) is 18.0 Å². The van der Waals surface area contributed by atoms with Gasteiger partial charge in [0.15, 0.2) is 5.60 Å². The van der Waals surface area contributed by atoms with E-state index >= 15 is 0 Å². The molecule has 1 aromatic rings. The number of carbonyl (C=O) groups excluding carboxylic acids is 2. The number of amides is 2. The molecule has 2 fully saturated rings. The second-order valence-electron chi connectivity index (χ2n) is 7.33. The van der Waals surface area contributed by atoms with E-state index < -0.39 is 27.4 Å². The van der Waals surface area contributed by atoms with Crippen LogP contribution < -0.4 is 5.32 Å². The minimum Gasteiger partial charge on any atom is -0.361 e. The van der Waals surface area contributed by atoms with Gasteiger partial charge in [-0.15, -0.1) is 0 Å². The molecule has 11 heteroatoms. The van der Waals surface area contributed by atoms with Crippen LogP contribution in [0.4, 0.5) is 0 Å². The fourth-order valence-corrected chi connectivity index (χ4v) is 4.62. The molecule has 3 rings (SSSR count). The minimum atomic E-state index is -3.57. The number of aromatic nitrogens is 2. The fourth-order valence-electron chi connectivity index (χ4n) is 3.78. The molecule has 0 aromatic carbocycles. The van der Waals surface area contributed by atoms with Gasteiger partial charge in [0, 0.05) is 44.5 Å². The first-order valence-electron chi connectivity index (χ1n) is 9.23. The van der Waals surface area contributed by atoms with Crippen LogP contribution in [0.25, 0.3) is 0 Å². The van der Waals surface area contributed by atoms with E-state index in [1.54, 1.807) is 15.8 Å². The second-order valence-corrected chi connectivity index (χ2v) is 9.32. The summed E-state index contributed by atoms with van der Waals surface area (Å²) in [6.07, 6.45) is 2.78. The van der Waals surface area contributed by atoms with Crippen LogP contribution in [0.15, 0.2) is 6.20 Å². The van der Waals surface area contributed by atoms with Crippen molar-refractivity contribution in [1.29, 1.82) is 0 Å². The highest BCUT2D eigenvalue weighted by molar-refractivity contribution is 7.88. The SMILES string of the molecule is CCN(Cc1cnn(C)c1C)C(=O)[C@H]1CN(S(C)(=O)=O)C[C@@]12OCCNC2=O. The summed E-state index contributed by atoms with van der Waals surface area (Å²) in [6.45, 7) is 4.86. The van der Waals surface area contributed by atoms with Crippen molar-refractivity contribution in [2.75, 3.05) is 39.0 Å². The van der Waals surface area contributed by atoms with Crippen LogP contribution in [-0.2, 0) is 37.9 Å². The lowest BCUT2D eigenvalue weighted by molar-refractivity contribution is -0.166. The summed E-state index contributed by atoms with van der Waals surface area (Å²) in [6, 6.07) is 0. The average molecular weight is 414 g/mol. The third-order valence-electron chi connectivity index (χ3n) is 5.65. The Hall–Kier alpha value is -1.98. The molecule has 2 aliphatic heterocycles. The molecule has 0 aliphatic carbocycles. The molecule has 2 saturated heterocycles. The molecule has 10 nitrogen and oxygen atoms in total. The number of ether oxygens (including phenoxy) is 1. The maximum Gasteiger partial charge on any atom is 0.254 e. The van der Waals surface area contributed by atoms with Crippen LogP contribution in [0, 0.1) is 12.8 Å². The van der Waals surface area contributed by atoms with Gasteiger partial charge in [-0.1, -0.05) is 0 Å². The van der Waals surface area contributed by atoms with Gasteiger partial charge in [0.05, 0.1) is 31.5 Å². The van der Waals surface area contributed by atoms with Gasteiger partial charge in [-0.2, -0.15) is 9.40 Å². The molecule has 1 aromatic heterocycles. The standard InChI is InChI=1S/C17H27N5O5S/c1-5-21(9-13-8-19-20(3)12(13)2)15(23)14-10-22(28(4,25)26)11-17(14)16(24)18-6-7-27-17/h8,14H,5-7,9-11H2,1-4H3,(H,18,24)/t14-,17-/m1/s1. The molecular weight excluding hydrogens is 386 g/mol. The molecule has 3 heterocycles. The van der Waals surface area contributed by atoms with Gasteiger partial charge in [-0.25, -0.2) is 8.42 Å².